The van der Waals surface area contributed by atoms with Crippen LogP contribution in [0.3, 0.4) is 0 Å². The molecule has 0 aliphatic carbocycles. The van der Waals surface area contributed by atoms with Gasteiger partial charge in [0.1, 0.15) is 11.5 Å². The van der Waals surface area contributed by atoms with Crippen molar-refractivity contribution in [2.45, 2.75) is 20.8 Å². The molecule has 0 atom stereocenters. The fraction of sp³-hybridized carbons (Fsp3) is 0.357. The van der Waals surface area contributed by atoms with Crippen molar-refractivity contribution in [3.8, 4) is 17.2 Å². The van der Waals surface area contributed by atoms with E-state index in [2.05, 4.69) is 4.98 Å². The van der Waals surface area contributed by atoms with E-state index in [1.54, 1.807) is 0 Å². The second-order valence-electron chi connectivity index (χ2n) is 4.11. The van der Waals surface area contributed by atoms with Crippen LogP contribution in [0.25, 0.3) is 5.69 Å². The van der Waals surface area contributed by atoms with E-state index in [1.165, 1.54) is 0 Å². The molecule has 1 heterocycles. The molecular formula is C14H18N2O2S. The third-order valence-corrected chi connectivity index (χ3v) is 2.95. The summed E-state index contributed by atoms with van der Waals surface area (Å²) in [6.07, 6.45) is 1.95. The second kappa shape index (κ2) is 5.93. The van der Waals surface area contributed by atoms with Crippen molar-refractivity contribution in [2.75, 3.05) is 13.2 Å². The first-order chi connectivity index (χ1) is 9.15. The molecule has 0 aliphatic rings. The van der Waals surface area contributed by atoms with Gasteiger partial charge in [0, 0.05) is 18.0 Å². The van der Waals surface area contributed by atoms with Gasteiger partial charge in [-0.05, 0) is 45.1 Å². The highest BCUT2D eigenvalue weighted by atomic mass is 32.1. The van der Waals surface area contributed by atoms with Gasteiger partial charge >= 0.3 is 0 Å². The van der Waals surface area contributed by atoms with Gasteiger partial charge in [-0.3, -0.25) is 4.57 Å². The highest BCUT2D eigenvalue weighted by Gasteiger charge is 2.09. The lowest BCUT2D eigenvalue weighted by molar-refractivity contribution is 0.329. The Balaban J connectivity index is 2.54. The minimum atomic E-state index is 0.609. The first kappa shape index (κ1) is 13.7. The molecule has 4 nitrogen and oxygen atoms in total. The second-order valence-corrected chi connectivity index (χ2v) is 4.49. The van der Waals surface area contributed by atoms with Gasteiger partial charge in [-0.25, -0.2) is 0 Å². The maximum Gasteiger partial charge on any atom is 0.182 e. The van der Waals surface area contributed by atoms with Crippen molar-refractivity contribution in [3.05, 3.63) is 34.9 Å². The van der Waals surface area contributed by atoms with Gasteiger partial charge in [-0.15, -0.1) is 0 Å². The van der Waals surface area contributed by atoms with Gasteiger partial charge in [0.15, 0.2) is 4.77 Å². The van der Waals surface area contributed by atoms with E-state index in [-0.39, 0.29) is 0 Å². The van der Waals surface area contributed by atoms with Crippen molar-refractivity contribution < 1.29 is 9.47 Å². The summed E-state index contributed by atoms with van der Waals surface area (Å²) in [6, 6.07) is 5.76. The molecule has 0 unspecified atom stereocenters. The summed E-state index contributed by atoms with van der Waals surface area (Å²) < 4.78 is 13.7. The molecule has 0 amide bonds. The molecule has 1 aromatic carbocycles. The summed E-state index contributed by atoms with van der Waals surface area (Å²) in [5, 5.41) is 0. The molecule has 0 aliphatic heterocycles. The Hall–Kier alpha value is -1.75. The van der Waals surface area contributed by atoms with Gasteiger partial charge < -0.3 is 14.5 Å². The molecule has 5 heteroatoms. The maximum atomic E-state index is 5.65. The molecule has 1 N–H and O–H groups in total. The molecule has 2 aromatic rings. The van der Waals surface area contributed by atoms with Crippen molar-refractivity contribution >= 4 is 12.2 Å². The molecule has 102 valence electrons. The molecular weight excluding hydrogens is 260 g/mol. The van der Waals surface area contributed by atoms with Crippen LogP contribution in [0.4, 0.5) is 0 Å². The first-order valence-electron chi connectivity index (χ1n) is 6.34. The number of benzene rings is 1. The molecule has 0 fully saturated rings. The van der Waals surface area contributed by atoms with Gasteiger partial charge in [0.2, 0.25) is 0 Å². The Labute approximate surface area is 118 Å². The van der Waals surface area contributed by atoms with E-state index in [9.17, 15) is 0 Å². The molecule has 2 rings (SSSR count). The van der Waals surface area contributed by atoms with E-state index in [0.717, 1.165) is 22.9 Å². The number of hydrogen-bond donors (Lipinski definition) is 1. The fourth-order valence-electron chi connectivity index (χ4n) is 1.91. The molecule has 19 heavy (non-hydrogen) atoms. The predicted molar refractivity (Wildman–Crippen MR) is 78.0 cm³/mol. The van der Waals surface area contributed by atoms with Crippen LogP contribution >= 0.6 is 12.2 Å². The minimum absolute atomic E-state index is 0.609. The molecule has 0 radical (unpaired) electrons. The predicted octanol–water partition coefficient (Wildman–Crippen LogP) is 3.64. The summed E-state index contributed by atoms with van der Waals surface area (Å²) in [6.45, 7) is 7.13. The van der Waals surface area contributed by atoms with E-state index < -0.39 is 0 Å². The zero-order chi connectivity index (χ0) is 13.8. The number of rotatable bonds is 5. The average molecular weight is 278 g/mol. The zero-order valence-electron chi connectivity index (χ0n) is 11.4. The van der Waals surface area contributed by atoms with Crippen LogP contribution in [0.1, 0.15) is 19.5 Å². The van der Waals surface area contributed by atoms with Crippen molar-refractivity contribution in [1.29, 1.82) is 0 Å². The summed E-state index contributed by atoms with van der Waals surface area (Å²) in [5.74, 6) is 1.60. The Morgan fingerprint density at radius 2 is 1.95 bits per heavy atom. The van der Waals surface area contributed by atoms with Crippen molar-refractivity contribution in [3.63, 3.8) is 0 Å². The third kappa shape index (κ3) is 2.98. The number of hydrogen-bond acceptors (Lipinski definition) is 3. The quantitative estimate of drug-likeness (QED) is 0.849. The van der Waals surface area contributed by atoms with Crippen LogP contribution in [-0.4, -0.2) is 22.8 Å². The lowest BCUT2D eigenvalue weighted by Crippen LogP contribution is -2.01. The summed E-state index contributed by atoms with van der Waals surface area (Å²) >= 11 is 5.32. The largest absolute Gasteiger partial charge is 0.494 e. The minimum Gasteiger partial charge on any atom is -0.494 e. The van der Waals surface area contributed by atoms with Gasteiger partial charge in [-0.2, -0.15) is 0 Å². The Kier molecular flexibility index (Phi) is 4.27. The van der Waals surface area contributed by atoms with E-state index in [4.69, 9.17) is 21.7 Å². The van der Waals surface area contributed by atoms with Crippen LogP contribution in [0, 0.1) is 11.7 Å². The van der Waals surface area contributed by atoms with Crippen molar-refractivity contribution in [2.24, 2.45) is 0 Å². The van der Waals surface area contributed by atoms with E-state index in [1.807, 2.05) is 49.7 Å². The smallest absolute Gasteiger partial charge is 0.182 e. The number of aryl methyl sites for hydroxylation is 1. The van der Waals surface area contributed by atoms with E-state index >= 15 is 0 Å². The number of aromatic amines is 1. The molecule has 1 aromatic heterocycles. The number of imidazole rings is 1. The molecule has 0 bridgehead atoms. The maximum absolute atomic E-state index is 5.65. The molecule has 0 saturated heterocycles. The number of ether oxygens (including phenoxy) is 2. The third-order valence-electron chi connectivity index (χ3n) is 2.65. The number of nitrogens with zero attached hydrogens (tertiary/aromatic N) is 1. The van der Waals surface area contributed by atoms with Crippen LogP contribution in [0.15, 0.2) is 24.4 Å². The topological polar surface area (TPSA) is 39.2 Å². The first-order valence-corrected chi connectivity index (χ1v) is 6.74. The van der Waals surface area contributed by atoms with Crippen LogP contribution in [0.5, 0.6) is 11.5 Å². The van der Waals surface area contributed by atoms with Gasteiger partial charge in [0.05, 0.1) is 18.9 Å². The highest BCUT2D eigenvalue weighted by Crippen LogP contribution is 2.28. The Morgan fingerprint density at radius 3 is 2.53 bits per heavy atom. The molecule has 0 spiro atoms. The van der Waals surface area contributed by atoms with E-state index in [0.29, 0.717) is 18.0 Å². The SMILES string of the molecule is CCOc1ccc(OCC)c(-n2cc(C)[nH]c2=S)c1. The summed E-state index contributed by atoms with van der Waals surface area (Å²) in [4.78, 5) is 3.11. The number of H-pyrrole nitrogens is 1. The average Bonchev–Trinajstić information content (AvgIpc) is 2.71. The Morgan fingerprint density at radius 1 is 1.21 bits per heavy atom. The number of aromatic nitrogens is 2. The normalized spacial score (nSPS) is 10.5. The monoisotopic (exact) mass is 278 g/mol. The summed E-state index contributed by atoms with van der Waals surface area (Å²) in [5.41, 5.74) is 1.90. The summed E-state index contributed by atoms with van der Waals surface area (Å²) in [7, 11) is 0. The van der Waals surface area contributed by atoms with Crippen LogP contribution < -0.4 is 9.47 Å². The fourth-order valence-corrected chi connectivity index (χ4v) is 2.22. The lowest BCUT2D eigenvalue weighted by Gasteiger charge is -2.13. The Bertz CT molecular complexity index is 616. The van der Waals surface area contributed by atoms with Crippen molar-refractivity contribution in [1.82, 2.24) is 9.55 Å². The van der Waals surface area contributed by atoms with Gasteiger partial charge in [-0.1, -0.05) is 0 Å². The van der Waals surface area contributed by atoms with Gasteiger partial charge in [0.25, 0.3) is 0 Å². The zero-order valence-corrected chi connectivity index (χ0v) is 12.2. The van der Waals surface area contributed by atoms with Crippen LogP contribution in [-0.2, 0) is 0 Å². The standard InChI is InChI=1S/C14H18N2O2S/c1-4-17-11-6-7-13(18-5-2)12(8-11)16-9-10(3)15-14(16)19/h6-9H,4-5H2,1-3H3,(H,15,19). The molecule has 0 saturated carbocycles. The lowest BCUT2D eigenvalue weighted by atomic mass is 10.2. The van der Waals surface area contributed by atoms with Crippen LogP contribution in [0.2, 0.25) is 0 Å². The highest BCUT2D eigenvalue weighted by molar-refractivity contribution is 7.71. The number of nitrogens with one attached hydrogen (secondary N) is 1.